The zero-order chi connectivity index (χ0) is 15.6. The number of carbonyl (C=O) groups excluding carboxylic acids is 1. The molecule has 2 saturated heterocycles. The lowest BCUT2D eigenvalue weighted by Crippen LogP contribution is -2.45. The zero-order valence-corrected chi connectivity index (χ0v) is 13.6. The number of Topliss-reactive ketones (excluding diaryl/α,β-unsaturated/α-hetero) is 1. The molecule has 1 aromatic carbocycles. The van der Waals surface area contributed by atoms with Gasteiger partial charge >= 0.3 is 0 Å². The Balaban J connectivity index is 1.75. The average molecular weight is 303 g/mol. The summed E-state index contributed by atoms with van der Waals surface area (Å²) in [7, 11) is 0. The normalized spacial score (nSPS) is 20.5. The van der Waals surface area contributed by atoms with Crippen molar-refractivity contribution in [1.82, 2.24) is 0 Å². The van der Waals surface area contributed by atoms with Crippen molar-refractivity contribution < 1.29 is 14.3 Å². The van der Waals surface area contributed by atoms with Crippen LogP contribution in [-0.2, 0) is 15.9 Å². The van der Waals surface area contributed by atoms with Crippen LogP contribution in [0, 0.1) is 0 Å². The topological polar surface area (TPSA) is 38.8 Å². The third-order valence-electron chi connectivity index (χ3n) is 4.69. The number of ether oxygens (including phenoxy) is 2. The van der Waals surface area contributed by atoms with Crippen LogP contribution < -0.4 is 4.90 Å². The summed E-state index contributed by atoms with van der Waals surface area (Å²) in [6.07, 6.45) is 3.82. The first-order valence-corrected chi connectivity index (χ1v) is 8.30. The van der Waals surface area contributed by atoms with Gasteiger partial charge in [0.05, 0.1) is 13.2 Å². The summed E-state index contributed by atoms with van der Waals surface area (Å²) < 4.78 is 11.6. The molecule has 0 bridgehead atoms. The molecule has 0 radical (unpaired) electrons. The molecule has 0 saturated carbocycles. The quantitative estimate of drug-likeness (QED) is 0.801. The lowest BCUT2D eigenvalue weighted by Gasteiger charge is -2.38. The smallest absolute Gasteiger partial charge is 0.171 e. The summed E-state index contributed by atoms with van der Waals surface area (Å²) in [4.78, 5) is 14.1. The Morgan fingerprint density at radius 1 is 1.23 bits per heavy atom. The van der Waals surface area contributed by atoms with Crippen LogP contribution in [-0.4, -0.2) is 37.9 Å². The lowest BCUT2D eigenvalue weighted by molar-refractivity contribution is -0.169. The van der Waals surface area contributed by atoms with E-state index in [1.165, 1.54) is 11.3 Å². The standard InChI is InChI=1S/C18H25NO3/c1-3-4-15-13-16(5-6-17(15)14(2)20)19-9-7-18(8-10-19)21-11-12-22-18/h5-6,13H,3-4,7-12H2,1-2H3. The van der Waals surface area contributed by atoms with Crippen molar-refractivity contribution in [2.24, 2.45) is 0 Å². The molecule has 0 aromatic heterocycles. The summed E-state index contributed by atoms with van der Waals surface area (Å²) in [6.45, 7) is 7.10. The zero-order valence-electron chi connectivity index (χ0n) is 13.6. The fourth-order valence-corrected chi connectivity index (χ4v) is 3.49. The molecule has 0 aliphatic carbocycles. The van der Waals surface area contributed by atoms with E-state index >= 15 is 0 Å². The fourth-order valence-electron chi connectivity index (χ4n) is 3.49. The lowest BCUT2D eigenvalue weighted by atomic mass is 9.98. The molecule has 4 nitrogen and oxygen atoms in total. The van der Waals surface area contributed by atoms with Crippen LogP contribution in [0.5, 0.6) is 0 Å². The molecule has 1 spiro atoms. The minimum atomic E-state index is -0.331. The molecule has 4 heteroatoms. The maximum absolute atomic E-state index is 11.8. The molecule has 1 aromatic rings. The highest BCUT2D eigenvalue weighted by Gasteiger charge is 2.39. The van der Waals surface area contributed by atoms with E-state index in [-0.39, 0.29) is 11.6 Å². The number of hydrogen-bond donors (Lipinski definition) is 0. The minimum Gasteiger partial charge on any atom is -0.371 e. The van der Waals surface area contributed by atoms with E-state index in [2.05, 4.69) is 24.0 Å². The molecule has 2 heterocycles. The van der Waals surface area contributed by atoms with Gasteiger partial charge < -0.3 is 14.4 Å². The summed E-state index contributed by atoms with van der Waals surface area (Å²) in [6, 6.07) is 6.24. The Morgan fingerprint density at radius 3 is 2.50 bits per heavy atom. The number of carbonyl (C=O) groups is 1. The van der Waals surface area contributed by atoms with Crippen LogP contribution in [0.4, 0.5) is 5.69 Å². The summed E-state index contributed by atoms with van der Waals surface area (Å²) in [5.74, 6) is -0.178. The molecule has 2 aliphatic heterocycles. The molecule has 2 fully saturated rings. The van der Waals surface area contributed by atoms with Gasteiger partial charge in [0.1, 0.15) is 0 Å². The first kappa shape index (κ1) is 15.5. The number of ketones is 1. The molecule has 0 unspecified atom stereocenters. The first-order valence-electron chi connectivity index (χ1n) is 8.30. The van der Waals surface area contributed by atoms with Crippen molar-refractivity contribution in [3.8, 4) is 0 Å². The predicted molar refractivity (Wildman–Crippen MR) is 86.5 cm³/mol. The van der Waals surface area contributed by atoms with Crippen LogP contribution in [0.1, 0.15) is 49.0 Å². The van der Waals surface area contributed by atoms with Gasteiger partial charge in [-0.2, -0.15) is 0 Å². The molecular formula is C18H25NO3. The van der Waals surface area contributed by atoms with E-state index in [9.17, 15) is 4.79 Å². The van der Waals surface area contributed by atoms with Gasteiger partial charge in [-0.3, -0.25) is 4.79 Å². The van der Waals surface area contributed by atoms with Gasteiger partial charge in [-0.1, -0.05) is 13.3 Å². The molecule has 2 aliphatic rings. The SMILES string of the molecule is CCCc1cc(N2CCC3(CC2)OCCO3)ccc1C(C)=O. The number of aryl methyl sites for hydroxylation is 1. The maximum atomic E-state index is 11.8. The van der Waals surface area contributed by atoms with Gasteiger partial charge in [-0.05, 0) is 37.1 Å². The second-order valence-corrected chi connectivity index (χ2v) is 6.24. The van der Waals surface area contributed by atoms with Gasteiger partial charge in [0.25, 0.3) is 0 Å². The Bertz CT molecular complexity index is 539. The van der Waals surface area contributed by atoms with Crippen LogP contribution >= 0.6 is 0 Å². The van der Waals surface area contributed by atoms with Gasteiger partial charge in [0.15, 0.2) is 11.6 Å². The third-order valence-corrected chi connectivity index (χ3v) is 4.69. The Hall–Kier alpha value is -1.39. The van der Waals surface area contributed by atoms with E-state index < -0.39 is 0 Å². The van der Waals surface area contributed by atoms with E-state index in [4.69, 9.17) is 9.47 Å². The van der Waals surface area contributed by atoms with Crippen LogP contribution in [0.3, 0.4) is 0 Å². The van der Waals surface area contributed by atoms with E-state index in [0.717, 1.165) is 44.3 Å². The molecule has 0 amide bonds. The molecule has 0 atom stereocenters. The summed E-state index contributed by atoms with van der Waals surface area (Å²) in [5.41, 5.74) is 3.24. The number of nitrogens with zero attached hydrogens (tertiary/aromatic N) is 1. The molecule has 0 N–H and O–H groups in total. The van der Waals surface area contributed by atoms with Gasteiger partial charge in [0.2, 0.25) is 0 Å². The van der Waals surface area contributed by atoms with Crippen LogP contribution in [0.25, 0.3) is 0 Å². The Labute approximate surface area is 132 Å². The van der Waals surface area contributed by atoms with Gasteiger partial charge in [-0.25, -0.2) is 0 Å². The Morgan fingerprint density at radius 2 is 1.91 bits per heavy atom. The molecule has 120 valence electrons. The third kappa shape index (κ3) is 3.03. The number of anilines is 1. The first-order chi connectivity index (χ1) is 10.6. The molecule has 3 rings (SSSR count). The minimum absolute atomic E-state index is 0.153. The van der Waals surface area contributed by atoms with Crippen molar-refractivity contribution in [3.05, 3.63) is 29.3 Å². The van der Waals surface area contributed by atoms with Crippen molar-refractivity contribution in [2.45, 2.75) is 45.3 Å². The highest BCUT2D eigenvalue weighted by Crippen LogP contribution is 2.33. The van der Waals surface area contributed by atoms with E-state index in [1.54, 1.807) is 6.92 Å². The van der Waals surface area contributed by atoms with Crippen molar-refractivity contribution in [1.29, 1.82) is 0 Å². The van der Waals surface area contributed by atoms with Crippen molar-refractivity contribution in [2.75, 3.05) is 31.2 Å². The van der Waals surface area contributed by atoms with Gasteiger partial charge in [-0.15, -0.1) is 0 Å². The van der Waals surface area contributed by atoms with Crippen molar-refractivity contribution >= 4 is 11.5 Å². The van der Waals surface area contributed by atoms with E-state index in [1.807, 2.05) is 6.07 Å². The highest BCUT2D eigenvalue weighted by molar-refractivity contribution is 5.96. The van der Waals surface area contributed by atoms with Crippen LogP contribution in [0.2, 0.25) is 0 Å². The largest absolute Gasteiger partial charge is 0.371 e. The number of hydrogen-bond acceptors (Lipinski definition) is 4. The summed E-state index contributed by atoms with van der Waals surface area (Å²) in [5, 5.41) is 0. The molecular weight excluding hydrogens is 278 g/mol. The summed E-state index contributed by atoms with van der Waals surface area (Å²) >= 11 is 0. The number of benzene rings is 1. The Kier molecular flexibility index (Phi) is 4.50. The van der Waals surface area contributed by atoms with Crippen LogP contribution in [0.15, 0.2) is 18.2 Å². The predicted octanol–water partition coefficient (Wildman–Crippen LogP) is 3.19. The van der Waals surface area contributed by atoms with Crippen molar-refractivity contribution in [3.63, 3.8) is 0 Å². The second-order valence-electron chi connectivity index (χ2n) is 6.24. The maximum Gasteiger partial charge on any atom is 0.171 e. The average Bonchev–Trinajstić information content (AvgIpc) is 2.96. The monoisotopic (exact) mass is 303 g/mol. The highest BCUT2D eigenvalue weighted by atomic mass is 16.7. The fraction of sp³-hybridized carbons (Fsp3) is 0.611. The number of piperidine rings is 1. The van der Waals surface area contributed by atoms with E-state index in [0.29, 0.717) is 13.2 Å². The van der Waals surface area contributed by atoms with Gasteiger partial charge in [0, 0.05) is 37.2 Å². The second kappa shape index (κ2) is 6.39. The molecule has 22 heavy (non-hydrogen) atoms. The number of rotatable bonds is 4.